The highest BCUT2D eigenvalue weighted by Crippen LogP contribution is 2.38. The van der Waals surface area contributed by atoms with E-state index in [0.717, 1.165) is 12.1 Å². The highest BCUT2D eigenvalue weighted by molar-refractivity contribution is 5.96. The normalized spacial score (nSPS) is 11.8. The van der Waals surface area contributed by atoms with Crippen LogP contribution in [0.5, 0.6) is 5.75 Å². The molecule has 2 aromatic rings. The topological polar surface area (TPSA) is 72.6 Å². The van der Waals surface area contributed by atoms with E-state index in [9.17, 15) is 22.4 Å². The molecule has 0 atom stereocenters. The molecule has 0 aliphatic heterocycles. The van der Waals surface area contributed by atoms with Crippen molar-refractivity contribution in [2.75, 3.05) is 0 Å². The van der Waals surface area contributed by atoms with Gasteiger partial charge in [0.15, 0.2) is 0 Å². The van der Waals surface area contributed by atoms with Gasteiger partial charge in [0, 0.05) is 11.6 Å². The van der Waals surface area contributed by atoms with E-state index in [0.29, 0.717) is 0 Å². The van der Waals surface area contributed by atoms with Crippen molar-refractivity contribution in [2.45, 2.75) is 26.1 Å². The number of carbonyl (C=O) groups is 1. The first-order valence-electron chi connectivity index (χ1n) is 6.38. The van der Waals surface area contributed by atoms with Crippen molar-refractivity contribution in [3.05, 3.63) is 35.3 Å². The Labute approximate surface area is 127 Å². The molecule has 0 bridgehead atoms. The summed E-state index contributed by atoms with van der Waals surface area (Å²) in [7, 11) is 0. The molecule has 0 fully saturated rings. The van der Waals surface area contributed by atoms with Crippen LogP contribution in [0, 0.1) is 5.82 Å². The van der Waals surface area contributed by atoms with E-state index in [1.165, 1.54) is 6.07 Å². The smallest absolute Gasteiger partial charge is 0.453 e. The molecule has 9 heteroatoms. The van der Waals surface area contributed by atoms with Crippen LogP contribution in [0.3, 0.4) is 0 Å². The number of alkyl halides is 3. The number of hydrogen-bond donors (Lipinski definition) is 1. The number of rotatable bonds is 4. The van der Waals surface area contributed by atoms with Crippen LogP contribution in [-0.2, 0) is 6.18 Å². The number of nitrogens with zero attached hydrogens (tertiary/aromatic N) is 1. The third-order valence-electron chi connectivity index (χ3n) is 2.73. The zero-order valence-electron chi connectivity index (χ0n) is 11.9. The molecule has 0 saturated carbocycles. The summed E-state index contributed by atoms with van der Waals surface area (Å²) in [6.45, 7) is 3.42. The maximum Gasteiger partial charge on any atom is 0.453 e. The highest BCUT2D eigenvalue weighted by atomic mass is 19.4. The molecule has 23 heavy (non-hydrogen) atoms. The fourth-order valence-electron chi connectivity index (χ4n) is 1.90. The molecule has 0 saturated heterocycles. The molecule has 0 aliphatic rings. The zero-order chi connectivity index (χ0) is 17.4. The minimum atomic E-state index is -5.06. The summed E-state index contributed by atoms with van der Waals surface area (Å²) < 4.78 is 61.6. The molecule has 1 aromatic heterocycles. The van der Waals surface area contributed by atoms with Gasteiger partial charge in [0.05, 0.1) is 6.10 Å². The van der Waals surface area contributed by atoms with E-state index in [2.05, 4.69) is 9.68 Å². The largest absolute Gasteiger partial charge is 0.491 e. The van der Waals surface area contributed by atoms with Crippen molar-refractivity contribution in [2.24, 2.45) is 0 Å². The Morgan fingerprint density at radius 2 is 2.00 bits per heavy atom. The standard InChI is InChI=1S/C14H11F4NO4/c1-6(2)22-7-3-4-8(9(15)5-7)11-10(13(20)21)12(23-19-11)14(16,17)18/h3-6H,1-2H3,(H,20,21). The predicted molar refractivity (Wildman–Crippen MR) is 69.6 cm³/mol. The minimum absolute atomic E-state index is 0.151. The summed E-state index contributed by atoms with van der Waals surface area (Å²) in [5.41, 5.74) is -2.41. The quantitative estimate of drug-likeness (QED) is 0.857. The van der Waals surface area contributed by atoms with Gasteiger partial charge in [0.25, 0.3) is 5.76 Å². The van der Waals surface area contributed by atoms with Crippen LogP contribution >= 0.6 is 0 Å². The molecule has 0 aliphatic carbocycles. The van der Waals surface area contributed by atoms with Crippen molar-refractivity contribution >= 4 is 5.97 Å². The lowest BCUT2D eigenvalue weighted by molar-refractivity contribution is -0.156. The maximum absolute atomic E-state index is 14.1. The predicted octanol–water partition coefficient (Wildman–Crippen LogP) is 3.98. The van der Waals surface area contributed by atoms with Crippen LogP contribution < -0.4 is 4.74 Å². The van der Waals surface area contributed by atoms with Crippen LogP contribution in [0.1, 0.15) is 30.0 Å². The second-order valence-corrected chi connectivity index (χ2v) is 4.85. The first kappa shape index (κ1) is 16.8. The van der Waals surface area contributed by atoms with Crippen LogP contribution in [0.2, 0.25) is 0 Å². The molecule has 0 radical (unpaired) electrons. The van der Waals surface area contributed by atoms with E-state index in [-0.39, 0.29) is 11.9 Å². The monoisotopic (exact) mass is 333 g/mol. The van der Waals surface area contributed by atoms with Crippen molar-refractivity contribution in [1.29, 1.82) is 0 Å². The Kier molecular flexibility index (Phi) is 4.31. The average molecular weight is 333 g/mol. The fraction of sp³-hybridized carbons (Fsp3) is 0.286. The summed E-state index contributed by atoms with van der Waals surface area (Å²) in [6, 6.07) is 3.31. The Hall–Kier alpha value is -2.58. The van der Waals surface area contributed by atoms with E-state index >= 15 is 0 Å². The van der Waals surface area contributed by atoms with Gasteiger partial charge in [-0.1, -0.05) is 5.16 Å². The summed E-state index contributed by atoms with van der Waals surface area (Å²) in [4.78, 5) is 11.1. The van der Waals surface area contributed by atoms with Gasteiger partial charge < -0.3 is 14.4 Å². The number of hydrogen-bond acceptors (Lipinski definition) is 4. The van der Waals surface area contributed by atoms with Gasteiger partial charge in [-0.2, -0.15) is 13.2 Å². The van der Waals surface area contributed by atoms with Crippen LogP contribution in [-0.4, -0.2) is 22.3 Å². The summed E-state index contributed by atoms with van der Waals surface area (Å²) in [6.07, 6.45) is -5.30. The lowest BCUT2D eigenvalue weighted by Crippen LogP contribution is -2.11. The van der Waals surface area contributed by atoms with Crippen LogP contribution in [0.25, 0.3) is 11.3 Å². The molecule has 1 aromatic carbocycles. The number of aromatic carboxylic acids is 1. The molecule has 1 N–H and O–H groups in total. The Balaban J connectivity index is 2.55. The second kappa shape index (κ2) is 5.90. The molecule has 0 unspecified atom stereocenters. The second-order valence-electron chi connectivity index (χ2n) is 4.85. The Morgan fingerprint density at radius 1 is 1.35 bits per heavy atom. The van der Waals surface area contributed by atoms with E-state index in [1.54, 1.807) is 13.8 Å². The van der Waals surface area contributed by atoms with Gasteiger partial charge in [0.2, 0.25) is 0 Å². The molecular weight excluding hydrogens is 322 g/mol. The number of carboxylic acid groups (broad SMARTS) is 1. The summed E-state index contributed by atoms with van der Waals surface area (Å²) >= 11 is 0. The third kappa shape index (κ3) is 3.43. The zero-order valence-corrected chi connectivity index (χ0v) is 11.9. The molecule has 1 heterocycles. The number of benzene rings is 1. The van der Waals surface area contributed by atoms with Gasteiger partial charge in [0.1, 0.15) is 22.8 Å². The molecule has 0 spiro atoms. The average Bonchev–Trinajstić information content (AvgIpc) is 2.82. The number of halogens is 4. The molecular formula is C14H11F4NO4. The van der Waals surface area contributed by atoms with E-state index in [4.69, 9.17) is 9.84 Å². The molecule has 2 rings (SSSR count). The van der Waals surface area contributed by atoms with Gasteiger partial charge >= 0.3 is 12.1 Å². The van der Waals surface area contributed by atoms with E-state index < -0.39 is 40.5 Å². The SMILES string of the molecule is CC(C)Oc1ccc(-c2noc(C(F)(F)F)c2C(=O)O)c(F)c1. The van der Waals surface area contributed by atoms with Crippen LogP contribution in [0.15, 0.2) is 22.7 Å². The maximum atomic E-state index is 14.1. The fourth-order valence-corrected chi connectivity index (χ4v) is 1.90. The van der Waals surface area contributed by atoms with Crippen molar-refractivity contribution in [1.82, 2.24) is 5.16 Å². The number of carboxylic acids is 1. The molecule has 124 valence electrons. The number of ether oxygens (including phenoxy) is 1. The van der Waals surface area contributed by atoms with Gasteiger partial charge in [-0.05, 0) is 26.0 Å². The van der Waals surface area contributed by atoms with Gasteiger partial charge in [-0.25, -0.2) is 9.18 Å². The van der Waals surface area contributed by atoms with Crippen molar-refractivity contribution < 1.29 is 36.7 Å². The van der Waals surface area contributed by atoms with E-state index in [1.807, 2.05) is 0 Å². The van der Waals surface area contributed by atoms with Crippen molar-refractivity contribution in [3.63, 3.8) is 0 Å². The molecule has 5 nitrogen and oxygen atoms in total. The minimum Gasteiger partial charge on any atom is -0.491 e. The van der Waals surface area contributed by atoms with Gasteiger partial charge in [-0.15, -0.1) is 0 Å². The van der Waals surface area contributed by atoms with Gasteiger partial charge in [-0.3, -0.25) is 0 Å². The third-order valence-corrected chi connectivity index (χ3v) is 2.73. The highest BCUT2D eigenvalue weighted by Gasteiger charge is 2.43. The first-order chi connectivity index (χ1) is 10.6. The van der Waals surface area contributed by atoms with Crippen LogP contribution in [0.4, 0.5) is 17.6 Å². The molecule has 0 amide bonds. The first-order valence-corrected chi connectivity index (χ1v) is 6.38. The Bertz CT molecular complexity index is 737. The lowest BCUT2D eigenvalue weighted by atomic mass is 10.0. The lowest BCUT2D eigenvalue weighted by Gasteiger charge is -2.10. The van der Waals surface area contributed by atoms with Crippen molar-refractivity contribution in [3.8, 4) is 17.0 Å². The number of aromatic nitrogens is 1. The summed E-state index contributed by atoms with van der Waals surface area (Å²) in [5.74, 6) is -4.54. The summed E-state index contributed by atoms with van der Waals surface area (Å²) in [5, 5.41) is 12.0. The Morgan fingerprint density at radius 3 is 2.48 bits per heavy atom.